The number of hydrogen-bond donors (Lipinski definition) is 1. The SMILES string of the molecule is C=CCN(CC=C)CC(C)(CC)CNC(C)C. The van der Waals surface area contributed by atoms with Crippen LogP contribution in [0, 0.1) is 5.41 Å². The molecule has 0 saturated heterocycles. The van der Waals surface area contributed by atoms with Gasteiger partial charge in [-0.1, -0.05) is 39.8 Å². The Balaban J connectivity index is 4.38. The molecule has 0 aromatic rings. The molecule has 0 heterocycles. The van der Waals surface area contributed by atoms with Crippen LogP contribution in [0.4, 0.5) is 0 Å². The summed E-state index contributed by atoms with van der Waals surface area (Å²) in [7, 11) is 0. The minimum Gasteiger partial charge on any atom is -0.314 e. The maximum atomic E-state index is 3.82. The second kappa shape index (κ2) is 8.48. The van der Waals surface area contributed by atoms with E-state index in [2.05, 4.69) is 51.1 Å². The minimum atomic E-state index is 0.316. The lowest BCUT2D eigenvalue weighted by atomic mass is 9.86. The van der Waals surface area contributed by atoms with Crippen molar-refractivity contribution < 1.29 is 0 Å². The van der Waals surface area contributed by atoms with Crippen molar-refractivity contribution in [3.8, 4) is 0 Å². The summed E-state index contributed by atoms with van der Waals surface area (Å²) in [6.07, 6.45) is 5.11. The first kappa shape index (κ1) is 16.4. The molecule has 1 unspecified atom stereocenters. The van der Waals surface area contributed by atoms with E-state index >= 15 is 0 Å². The zero-order valence-corrected chi connectivity index (χ0v) is 12.1. The van der Waals surface area contributed by atoms with E-state index in [1.807, 2.05) is 12.2 Å². The van der Waals surface area contributed by atoms with E-state index in [-0.39, 0.29) is 0 Å². The molecule has 0 aromatic heterocycles. The van der Waals surface area contributed by atoms with Crippen LogP contribution in [-0.4, -0.2) is 37.1 Å². The fraction of sp³-hybridized carbons (Fsp3) is 0.733. The van der Waals surface area contributed by atoms with Gasteiger partial charge in [-0.2, -0.15) is 0 Å². The first-order valence-electron chi connectivity index (χ1n) is 6.65. The quantitative estimate of drug-likeness (QED) is 0.588. The molecule has 0 radical (unpaired) electrons. The molecule has 0 spiro atoms. The molecule has 100 valence electrons. The van der Waals surface area contributed by atoms with Crippen molar-refractivity contribution in [2.75, 3.05) is 26.2 Å². The summed E-state index contributed by atoms with van der Waals surface area (Å²) in [6, 6.07) is 0.549. The number of rotatable bonds is 10. The van der Waals surface area contributed by atoms with E-state index in [0.717, 1.165) is 26.2 Å². The molecular formula is C15H30N2. The van der Waals surface area contributed by atoms with Gasteiger partial charge >= 0.3 is 0 Å². The van der Waals surface area contributed by atoms with Gasteiger partial charge in [0.1, 0.15) is 0 Å². The second-order valence-corrected chi connectivity index (χ2v) is 5.47. The smallest absolute Gasteiger partial charge is 0.0164 e. The van der Waals surface area contributed by atoms with Crippen LogP contribution in [0.2, 0.25) is 0 Å². The van der Waals surface area contributed by atoms with Gasteiger partial charge in [-0.15, -0.1) is 13.2 Å². The fourth-order valence-corrected chi connectivity index (χ4v) is 1.85. The van der Waals surface area contributed by atoms with Crippen LogP contribution in [0.3, 0.4) is 0 Å². The van der Waals surface area contributed by atoms with E-state index in [4.69, 9.17) is 0 Å². The molecule has 2 nitrogen and oxygen atoms in total. The zero-order valence-electron chi connectivity index (χ0n) is 12.1. The molecule has 0 bridgehead atoms. The molecule has 0 fully saturated rings. The average molecular weight is 238 g/mol. The summed E-state index contributed by atoms with van der Waals surface area (Å²) >= 11 is 0. The van der Waals surface area contributed by atoms with Crippen molar-refractivity contribution in [2.24, 2.45) is 5.41 Å². The van der Waals surface area contributed by atoms with E-state index in [1.165, 1.54) is 6.42 Å². The molecule has 1 N–H and O–H groups in total. The van der Waals surface area contributed by atoms with Crippen LogP contribution in [-0.2, 0) is 0 Å². The highest BCUT2D eigenvalue weighted by molar-refractivity contribution is 4.86. The second-order valence-electron chi connectivity index (χ2n) is 5.47. The fourth-order valence-electron chi connectivity index (χ4n) is 1.85. The summed E-state index contributed by atoms with van der Waals surface area (Å²) in [5.74, 6) is 0. The summed E-state index contributed by atoms with van der Waals surface area (Å²) in [5, 5.41) is 3.55. The van der Waals surface area contributed by atoms with Crippen molar-refractivity contribution in [1.29, 1.82) is 0 Å². The normalized spacial score (nSPS) is 14.9. The van der Waals surface area contributed by atoms with E-state index in [1.54, 1.807) is 0 Å². The van der Waals surface area contributed by atoms with Gasteiger partial charge in [0.05, 0.1) is 0 Å². The predicted octanol–water partition coefficient (Wildman–Crippen LogP) is 3.07. The average Bonchev–Trinajstić information content (AvgIpc) is 2.27. The number of nitrogens with zero attached hydrogens (tertiary/aromatic N) is 1. The van der Waals surface area contributed by atoms with Crippen molar-refractivity contribution in [3.05, 3.63) is 25.3 Å². The van der Waals surface area contributed by atoms with Crippen LogP contribution < -0.4 is 5.32 Å². The Labute approximate surface area is 108 Å². The van der Waals surface area contributed by atoms with Gasteiger partial charge in [-0.3, -0.25) is 4.90 Å². The summed E-state index contributed by atoms with van der Waals surface area (Å²) in [5.41, 5.74) is 0.316. The standard InChI is InChI=1S/C15H30N2/c1-7-10-17(11-8-2)13-15(6,9-3)12-16-14(4)5/h7-8,14,16H,1-2,9-13H2,3-6H3. The Morgan fingerprint density at radius 3 is 2.12 bits per heavy atom. The van der Waals surface area contributed by atoms with Gasteiger partial charge in [-0.05, 0) is 11.8 Å². The molecule has 0 aliphatic heterocycles. The molecule has 1 atom stereocenters. The lowest BCUT2D eigenvalue weighted by Gasteiger charge is -2.35. The van der Waals surface area contributed by atoms with E-state index < -0.39 is 0 Å². The summed E-state index contributed by atoms with van der Waals surface area (Å²) < 4.78 is 0. The molecule has 17 heavy (non-hydrogen) atoms. The van der Waals surface area contributed by atoms with Gasteiger partial charge in [0.25, 0.3) is 0 Å². The predicted molar refractivity (Wildman–Crippen MR) is 78.4 cm³/mol. The Bertz CT molecular complexity index is 213. The van der Waals surface area contributed by atoms with Crippen molar-refractivity contribution in [2.45, 2.75) is 40.2 Å². The molecule has 0 rings (SSSR count). The Hall–Kier alpha value is -0.600. The largest absolute Gasteiger partial charge is 0.314 e. The van der Waals surface area contributed by atoms with Crippen LogP contribution >= 0.6 is 0 Å². The van der Waals surface area contributed by atoms with Gasteiger partial charge in [0.15, 0.2) is 0 Å². The minimum absolute atomic E-state index is 0.316. The van der Waals surface area contributed by atoms with Crippen LogP contribution in [0.5, 0.6) is 0 Å². The highest BCUT2D eigenvalue weighted by atomic mass is 15.1. The highest BCUT2D eigenvalue weighted by Gasteiger charge is 2.24. The van der Waals surface area contributed by atoms with Crippen LogP contribution in [0.25, 0.3) is 0 Å². The Morgan fingerprint density at radius 2 is 1.76 bits per heavy atom. The first-order valence-corrected chi connectivity index (χ1v) is 6.65. The van der Waals surface area contributed by atoms with E-state index in [9.17, 15) is 0 Å². The maximum Gasteiger partial charge on any atom is 0.0164 e. The number of hydrogen-bond acceptors (Lipinski definition) is 2. The monoisotopic (exact) mass is 238 g/mol. The summed E-state index contributed by atoms with van der Waals surface area (Å²) in [6.45, 7) is 20.7. The van der Waals surface area contributed by atoms with Crippen LogP contribution in [0.1, 0.15) is 34.1 Å². The van der Waals surface area contributed by atoms with Crippen molar-refractivity contribution in [3.63, 3.8) is 0 Å². The molecule has 0 aliphatic rings. The Kier molecular flexibility index (Phi) is 8.19. The molecule has 0 saturated carbocycles. The third-order valence-electron chi connectivity index (χ3n) is 3.17. The summed E-state index contributed by atoms with van der Waals surface area (Å²) in [4.78, 5) is 2.39. The topological polar surface area (TPSA) is 15.3 Å². The van der Waals surface area contributed by atoms with Crippen LogP contribution in [0.15, 0.2) is 25.3 Å². The maximum absolute atomic E-state index is 3.82. The lowest BCUT2D eigenvalue weighted by molar-refractivity contribution is 0.175. The van der Waals surface area contributed by atoms with Gasteiger partial charge in [0, 0.05) is 32.2 Å². The third-order valence-corrected chi connectivity index (χ3v) is 3.17. The molecular weight excluding hydrogens is 208 g/mol. The first-order chi connectivity index (χ1) is 7.97. The molecule has 0 aliphatic carbocycles. The zero-order chi connectivity index (χ0) is 13.3. The van der Waals surface area contributed by atoms with Gasteiger partial charge in [-0.25, -0.2) is 0 Å². The van der Waals surface area contributed by atoms with E-state index in [0.29, 0.717) is 11.5 Å². The third kappa shape index (κ3) is 7.35. The lowest BCUT2D eigenvalue weighted by Crippen LogP contribution is -2.43. The highest BCUT2D eigenvalue weighted by Crippen LogP contribution is 2.21. The molecule has 2 heteroatoms. The molecule has 0 aromatic carbocycles. The number of nitrogens with one attached hydrogen (secondary N) is 1. The van der Waals surface area contributed by atoms with Gasteiger partial charge in [0.2, 0.25) is 0 Å². The molecule has 0 amide bonds. The van der Waals surface area contributed by atoms with Crippen molar-refractivity contribution in [1.82, 2.24) is 10.2 Å². The van der Waals surface area contributed by atoms with Gasteiger partial charge < -0.3 is 5.32 Å². The van der Waals surface area contributed by atoms with Crippen molar-refractivity contribution >= 4 is 0 Å². The Morgan fingerprint density at radius 1 is 1.24 bits per heavy atom.